The molecule has 0 aromatic rings. The summed E-state index contributed by atoms with van der Waals surface area (Å²) in [5.74, 6) is 0.362. The number of carbonyl (C=O) groups is 1. The number of hydrogen-bond acceptors (Lipinski definition) is 4. The van der Waals surface area contributed by atoms with Gasteiger partial charge in [-0.2, -0.15) is 0 Å². The van der Waals surface area contributed by atoms with Crippen LogP contribution in [0.2, 0.25) is 0 Å². The van der Waals surface area contributed by atoms with Gasteiger partial charge < -0.3 is 10.2 Å². The van der Waals surface area contributed by atoms with Crippen LogP contribution in [0, 0.1) is 5.92 Å². The summed E-state index contributed by atoms with van der Waals surface area (Å²) in [5, 5.41) is 3.43. The van der Waals surface area contributed by atoms with Crippen LogP contribution in [0.4, 0.5) is 0 Å². The summed E-state index contributed by atoms with van der Waals surface area (Å²) in [7, 11) is -3.13. The number of rotatable bonds is 7. The predicted molar refractivity (Wildman–Crippen MR) is 89.1 cm³/mol. The Bertz CT molecular complexity index is 463. The maximum absolute atomic E-state index is 12.4. The van der Waals surface area contributed by atoms with E-state index in [0.717, 1.165) is 12.8 Å². The molecule has 1 N–H and O–H groups in total. The summed E-state index contributed by atoms with van der Waals surface area (Å²) in [6.45, 7) is 10.4. The summed E-state index contributed by atoms with van der Waals surface area (Å²) in [6.07, 6.45) is 2.91. The number of sulfonamides is 1. The van der Waals surface area contributed by atoms with E-state index in [1.54, 1.807) is 4.31 Å². The number of piperidine rings is 1. The maximum atomic E-state index is 12.4. The van der Waals surface area contributed by atoms with Crippen LogP contribution >= 0.6 is 0 Å². The van der Waals surface area contributed by atoms with Crippen LogP contribution in [0.3, 0.4) is 0 Å². The topological polar surface area (TPSA) is 69.7 Å². The summed E-state index contributed by atoms with van der Waals surface area (Å²) in [4.78, 5) is 14.2. The lowest BCUT2D eigenvalue weighted by Gasteiger charge is -2.39. The molecule has 0 aromatic heterocycles. The largest absolute Gasteiger partial charge is 0.342 e. The van der Waals surface area contributed by atoms with Crippen molar-refractivity contribution in [2.75, 3.05) is 32.4 Å². The molecule has 130 valence electrons. The first-order chi connectivity index (χ1) is 10.2. The zero-order chi connectivity index (χ0) is 16.9. The van der Waals surface area contributed by atoms with Gasteiger partial charge >= 0.3 is 0 Å². The highest BCUT2D eigenvalue weighted by molar-refractivity contribution is 7.88. The number of nitrogens with one attached hydrogen (secondary N) is 1. The van der Waals surface area contributed by atoms with Gasteiger partial charge in [0.2, 0.25) is 15.9 Å². The molecule has 7 heteroatoms. The zero-order valence-electron chi connectivity index (χ0n) is 14.5. The Morgan fingerprint density at radius 1 is 1.32 bits per heavy atom. The minimum Gasteiger partial charge on any atom is -0.342 e. The summed E-state index contributed by atoms with van der Waals surface area (Å²) in [5.41, 5.74) is 0. The van der Waals surface area contributed by atoms with Crippen molar-refractivity contribution in [2.45, 2.75) is 52.6 Å². The normalized spacial score (nSPS) is 25.0. The van der Waals surface area contributed by atoms with Gasteiger partial charge in [0.05, 0.1) is 12.3 Å². The van der Waals surface area contributed by atoms with Crippen LogP contribution in [-0.4, -0.2) is 68.0 Å². The van der Waals surface area contributed by atoms with Crippen molar-refractivity contribution in [2.24, 2.45) is 5.92 Å². The second-order valence-corrected chi connectivity index (χ2v) is 8.07. The highest BCUT2D eigenvalue weighted by Gasteiger charge is 2.33. The van der Waals surface area contributed by atoms with Crippen LogP contribution in [0.15, 0.2) is 0 Å². The van der Waals surface area contributed by atoms with E-state index in [-0.39, 0.29) is 23.9 Å². The number of carbonyl (C=O) groups excluding carboxylic acids is 1. The molecule has 1 aliphatic heterocycles. The van der Waals surface area contributed by atoms with Crippen LogP contribution in [0.25, 0.3) is 0 Å². The van der Waals surface area contributed by atoms with Gasteiger partial charge in [-0.1, -0.05) is 13.3 Å². The molecule has 1 saturated heterocycles. The molecule has 0 bridgehead atoms. The molecule has 0 aromatic carbocycles. The molecule has 1 aliphatic rings. The fourth-order valence-corrected chi connectivity index (χ4v) is 4.03. The van der Waals surface area contributed by atoms with E-state index in [0.29, 0.717) is 26.2 Å². The van der Waals surface area contributed by atoms with Crippen LogP contribution in [-0.2, 0) is 14.8 Å². The third-order valence-corrected chi connectivity index (χ3v) is 5.87. The van der Waals surface area contributed by atoms with Gasteiger partial charge in [0, 0.05) is 32.2 Å². The second-order valence-electron chi connectivity index (χ2n) is 6.08. The second kappa shape index (κ2) is 8.26. The fourth-order valence-electron chi connectivity index (χ4n) is 3.13. The third-order valence-electron chi connectivity index (χ3n) is 4.60. The van der Waals surface area contributed by atoms with Gasteiger partial charge in [-0.05, 0) is 33.1 Å². The van der Waals surface area contributed by atoms with E-state index in [4.69, 9.17) is 0 Å². The van der Waals surface area contributed by atoms with Gasteiger partial charge in [-0.3, -0.25) is 4.79 Å². The van der Waals surface area contributed by atoms with Gasteiger partial charge in [-0.15, -0.1) is 0 Å². The molecular formula is C15H31N3O3S. The van der Waals surface area contributed by atoms with E-state index in [2.05, 4.69) is 12.2 Å². The lowest BCUT2D eigenvalue weighted by Crippen LogP contribution is -2.55. The quantitative estimate of drug-likeness (QED) is 0.751. The van der Waals surface area contributed by atoms with Gasteiger partial charge in [0.25, 0.3) is 0 Å². The number of hydrogen-bond donors (Lipinski definition) is 1. The number of amides is 1. The van der Waals surface area contributed by atoms with Crippen molar-refractivity contribution in [1.82, 2.24) is 14.5 Å². The molecule has 1 fully saturated rings. The lowest BCUT2D eigenvalue weighted by atomic mass is 9.90. The maximum Gasteiger partial charge on any atom is 0.239 e. The highest BCUT2D eigenvalue weighted by atomic mass is 32.2. The van der Waals surface area contributed by atoms with E-state index < -0.39 is 10.0 Å². The average Bonchev–Trinajstić information content (AvgIpc) is 2.47. The Morgan fingerprint density at radius 2 is 1.91 bits per heavy atom. The first-order valence-corrected chi connectivity index (χ1v) is 10.1. The van der Waals surface area contributed by atoms with Crippen molar-refractivity contribution >= 4 is 15.9 Å². The Kier molecular flexibility index (Phi) is 7.28. The molecule has 0 aliphatic carbocycles. The molecule has 3 atom stereocenters. The molecule has 22 heavy (non-hydrogen) atoms. The number of nitrogens with zero attached hydrogens (tertiary/aromatic N) is 2. The van der Waals surface area contributed by atoms with Crippen LogP contribution in [0.5, 0.6) is 0 Å². The summed E-state index contributed by atoms with van der Waals surface area (Å²) in [6, 6.07) is -0.0405. The number of likely N-dealkylation sites (N-methyl/N-ethyl adjacent to an activating group) is 1. The molecular weight excluding hydrogens is 302 g/mol. The standard InChI is InChI=1S/C15H31N3O3S/c1-6-13-11-18(22(5,20)21)10-9-14(13)16-12(4)15(19)17(7-2)8-3/h12-14,16H,6-11H2,1-5H3/t12-,13+,14+/m0/s1. The Hall–Kier alpha value is -0.660. The van der Waals surface area contributed by atoms with Crippen molar-refractivity contribution in [1.29, 1.82) is 0 Å². The average molecular weight is 333 g/mol. The zero-order valence-corrected chi connectivity index (χ0v) is 15.3. The minimum absolute atomic E-state index is 0.116. The first kappa shape index (κ1) is 19.4. The van der Waals surface area contributed by atoms with Crippen molar-refractivity contribution < 1.29 is 13.2 Å². The van der Waals surface area contributed by atoms with E-state index >= 15 is 0 Å². The lowest BCUT2D eigenvalue weighted by molar-refractivity contribution is -0.133. The summed E-state index contributed by atoms with van der Waals surface area (Å²) >= 11 is 0. The Balaban J connectivity index is 2.67. The molecule has 1 heterocycles. The highest BCUT2D eigenvalue weighted by Crippen LogP contribution is 2.22. The Labute approximate surface area is 135 Å². The fraction of sp³-hybridized carbons (Fsp3) is 0.933. The van der Waals surface area contributed by atoms with Crippen molar-refractivity contribution in [3.05, 3.63) is 0 Å². The first-order valence-electron chi connectivity index (χ1n) is 8.24. The summed E-state index contributed by atoms with van der Waals surface area (Å²) < 4.78 is 24.9. The monoisotopic (exact) mass is 333 g/mol. The SMILES string of the molecule is CC[C@@H]1CN(S(C)(=O)=O)CC[C@H]1N[C@@H](C)C(=O)N(CC)CC. The van der Waals surface area contributed by atoms with E-state index in [9.17, 15) is 13.2 Å². The van der Waals surface area contributed by atoms with Crippen LogP contribution in [0.1, 0.15) is 40.5 Å². The molecule has 0 radical (unpaired) electrons. The van der Waals surface area contributed by atoms with Gasteiger partial charge in [0.15, 0.2) is 0 Å². The Morgan fingerprint density at radius 3 is 2.36 bits per heavy atom. The van der Waals surface area contributed by atoms with Crippen molar-refractivity contribution in [3.8, 4) is 0 Å². The molecule has 1 amide bonds. The van der Waals surface area contributed by atoms with E-state index in [1.807, 2.05) is 25.7 Å². The van der Waals surface area contributed by atoms with Crippen LogP contribution < -0.4 is 5.32 Å². The molecule has 0 spiro atoms. The molecule has 1 rings (SSSR count). The molecule has 0 unspecified atom stereocenters. The molecule has 6 nitrogen and oxygen atoms in total. The van der Waals surface area contributed by atoms with E-state index in [1.165, 1.54) is 6.26 Å². The third kappa shape index (κ3) is 4.93. The minimum atomic E-state index is -3.13. The predicted octanol–water partition coefficient (Wildman–Crippen LogP) is 0.893. The smallest absolute Gasteiger partial charge is 0.239 e. The van der Waals surface area contributed by atoms with Crippen molar-refractivity contribution in [3.63, 3.8) is 0 Å². The van der Waals surface area contributed by atoms with Gasteiger partial charge in [0.1, 0.15) is 0 Å². The molecule has 0 saturated carbocycles. The van der Waals surface area contributed by atoms with Gasteiger partial charge in [-0.25, -0.2) is 12.7 Å².